The number of hydrazone groups is 1. The van der Waals surface area contributed by atoms with Gasteiger partial charge in [0.1, 0.15) is 5.75 Å². The summed E-state index contributed by atoms with van der Waals surface area (Å²) in [4.78, 5) is 13.0. The van der Waals surface area contributed by atoms with Crippen molar-refractivity contribution in [1.29, 1.82) is 0 Å². The lowest BCUT2D eigenvalue weighted by molar-refractivity contribution is 0.0734. The number of nitrogens with one attached hydrogen (secondary N) is 2. The SMILES string of the molecule is COc1ccc(C(=O)Oc2ccc3ccccc3c2C=NNC(=S)NC2CCCCC2)cc1OC. The van der Waals surface area contributed by atoms with Gasteiger partial charge in [-0.3, -0.25) is 5.43 Å². The second-order valence-corrected chi connectivity index (χ2v) is 8.74. The Morgan fingerprint density at radius 2 is 1.71 bits per heavy atom. The normalized spacial score (nSPS) is 14.0. The minimum Gasteiger partial charge on any atom is -0.493 e. The number of hydrogen-bond donors (Lipinski definition) is 2. The van der Waals surface area contributed by atoms with E-state index in [1.165, 1.54) is 26.4 Å². The first kappa shape index (κ1) is 24.5. The van der Waals surface area contributed by atoms with Crippen LogP contribution >= 0.6 is 12.2 Å². The minimum atomic E-state index is -0.515. The molecule has 0 saturated heterocycles. The average molecular weight is 492 g/mol. The van der Waals surface area contributed by atoms with E-state index in [2.05, 4.69) is 15.8 Å². The zero-order chi connectivity index (χ0) is 24.6. The molecular formula is C27H29N3O4S. The van der Waals surface area contributed by atoms with E-state index >= 15 is 0 Å². The Balaban J connectivity index is 1.55. The fraction of sp³-hybridized carbons (Fsp3) is 0.296. The first-order chi connectivity index (χ1) is 17.1. The molecule has 3 aromatic rings. The number of carbonyl (C=O) groups excluding carboxylic acids is 1. The molecule has 1 aliphatic carbocycles. The van der Waals surface area contributed by atoms with Crippen molar-refractivity contribution in [3.8, 4) is 17.2 Å². The van der Waals surface area contributed by atoms with Gasteiger partial charge in [-0.2, -0.15) is 5.10 Å². The highest BCUT2D eigenvalue weighted by Gasteiger charge is 2.16. The standard InChI is InChI=1S/C27H29N3O4S/c1-32-24-15-13-19(16-25(24)33-2)26(31)34-23-14-12-18-8-6-7-11-21(18)22(23)17-28-30-27(35)29-20-9-4-3-5-10-20/h6-8,11-17,20H,3-5,9-10H2,1-2H3,(H2,29,30,35). The van der Waals surface area contributed by atoms with Gasteiger partial charge in [-0.1, -0.05) is 49.6 Å². The average Bonchev–Trinajstić information content (AvgIpc) is 2.89. The molecule has 3 aromatic carbocycles. The summed E-state index contributed by atoms with van der Waals surface area (Å²) in [5, 5.41) is 10.1. The summed E-state index contributed by atoms with van der Waals surface area (Å²) in [5.41, 5.74) is 3.92. The van der Waals surface area contributed by atoms with E-state index in [0.29, 0.717) is 39.5 Å². The quantitative estimate of drug-likeness (QED) is 0.154. The van der Waals surface area contributed by atoms with Crippen molar-refractivity contribution < 1.29 is 19.0 Å². The van der Waals surface area contributed by atoms with Crippen LogP contribution < -0.4 is 25.0 Å². The van der Waals surface area contributed by atoms with Gasteiger partial charge >= 0.3 is 5.97 Å². The number of thiocarbonyl (C=S) groups is 1. The van der Waals surface area contributed by atoms with Crippen LogP contribution in [0.25, 0.3) is 10.8 Å². The predicted molar refractivity (Wildman–Crippen MR) is 142 cm³/mol. The lowest BCUT2D eigenvalue weighted by Gasteiger charge is -2.23. The molecule has 0 heterocycles. The molecule has 1 fully saturated rings. The van der Waals surface area contributed by atoms with Gasteiger partial charge < -0.3 is 19.5 Å². The maximum atomic E-state index is 13.0. The van der Waals surface area contributed by atoms with Gasteiger partial charge in [0.15, 0.2) is 16.6 Å². The zero-order valence-corrected chi connectivity index (χ0v) is 20.7. The van der Waals surface area contributed by atoms with Gasteiger partial charge in [-0.25, -0.2) is 4.79 Å². The predicted octanol–water partition coefficient (Wildman–Crippen LogP) is 5.21. The Bertz CT molecular complexity index is 1240. The molecule has 0 aromatic heterocycles. The van der Waals surface area contributed by atoms with Crippen LogP contribution in [0.3, 0.4) is 0 Å². The van der Waals surface area contributed by atoms with E-state index in [1.807, 2.05) is 30.3 Å². The fourth-order valence-corrected chi connectivity index (χ4v) is 4.46. The highest BCUT2D eigenvalue weighted by atomic mass is 32.1. The number of hydrogen-bond acceptors (Lipinski definition) is 6. The van der Waals surface area contributed by atoms with Crippen molar-refractivity contribution in [2.45, 2.75) is 38.1 Å². The summed E-state index contributed by atoms with van der Waals surface area (Å²) < 4.78 is 16.3. The molecule has 2 N–H and O–H groups in total. The van der Waals surface area contributed by atoms with Crippen LogP contribution in [-0.4, -0.2) is 37.6 Å². The molecule has 0 radical (unpaired) electrons. The smallest absolute Gasteiger partial charge is 0.343 e. The van der Waals surface area contributed by atoms with Crippen LogP contribution in [-0.2, 0) is 0 Å². The van der Waals surface area contributed by atoms with Crippen molar-refractivity contribution in [1.82, 2.24) is 10.7 Å². The molecule has 35 heavy (non-hydrogen) atoms. The summed E-state index contributed by atoms with van der Waals surface area (Å²) in [6.07, 6.45) is 7.58. The van der Waals surface area contributed by atoms with Crippen molar-refractivity contribution >= 4 is 40.3 Å². The van der Waals surface area contributed by atoms with Crippen LogP contribution in [0.1, 0.15) is 48.0 Å². The van der Waals surface area contributed by atoms with Crippen molar-refractivity contribution in [2.75, 3.05) is 14.2 Å². The van der Waals surface area contributed by atoms with E-state index in [-0.39, 0.29) is 0 Å². The van der Waals surface area contributed by atoms with Gasteiger partial charge in [0.25, 0.3) is 0 Å². The van der Waals surface area contributed by atoms with Gasteiger partial charge in [-0.15, -0.1) is 0 Å². The molecule has 182 valence electrons. The number of ether oxygens (including phenoxy) is 3. The van der Waals surface area contributed by atoms with Gasteiger partial charge in [0, 0.05) is 11.6 Å². The topological polar surface area (TPSA) is 81.2 Å². The molecular weight excluding hydrogens is 462 g/mol. The molecule has 8 heteroatoms. The molecule has 7 nitrogen and oxygen atoms in total. The third-order valence-electron chi connectivity index (χ3n) is 6.05. The summed E-state index contributed by atoms with van der Waals surface area (Å²) >= 11 is 5.41. The first-order valence-electron chi connectivity index (χ1n) is 11.6. The molecule has 0 bridgehead atoms. The number of methoxy groups -OCH3 is 2. The number of carbonyl (C=O) groups is 1. The monoisotopic (exact) mass is 491 g/mol. The van der Waals surface area contributed by atoms with Crippen LogP contribution in [0.15, 0.2) is 59.7 Å². The van der Waals surface area contributed by atoms with Crippen molar-refractivity contribution in [2.24, 2.45) is 5.10 Å². The maximum Gasteiger partial charge on any atom is 0.343 e. The second kappa shape index (κ2) is 11.7. The maximum absolute atomic E-state index is 13.0. The van der Waals surface area contributed by atoms with Gasteiger partial charge in [-0.05, 0) is 60.1 Å². The third-order valence-corrected chi connectivity index (χ3v) is 6.26. The first-order valence-corrected chi connectivity index (χ1v) is 12.1. The lowest BCUT2D eigenvalue weighted by Crippen LogP contribution is -2.40. The van der Waals surface area contributed by atoms with Gasteiger partial charge in [0.2, 0.25) is 0 Å². The fourth-order valence-electron chi connectivity index (χ4n) is 4.24. The van der Waals surface area contributed by atoms with Crippen LogP contribution in [0.5, 0.6) is 17.2 Å². The molecule has 1 aliphatic rings. The summed E-state index contributed by atoms with van der Waals surface area (Å²) in [6, 6.07) is 16.8. The van der Waals surface area contributed by atoms with Crippen LogP contribution in [0.4, 0.5) is 0 Å². The van der Waals surface area contributed by atoms with Crippen molar-refractivity contribution in [3.63, 3.8) is 0 Å². The highest BCUT2D eigenvalue weighted by Crippen LogP contribution is 2.30. The van der Waals surface area contributed by atoms with E-state index < -0.39 is 5.97 Å². The Kier molecular flexibility index (Phi) is 8.15. The largest absolute Gasteiger partial charge is 0.493 e. The number of esters is 1. The molecule has 4 rings (SSSR count). The summed E-state index contributed by atoms with van der Waals surface area (Å²) in [7, 11) is 3.06. The van der Waals surface area contributed by atoms with E-state index in [4.69, 9.17) is 26.4 Å². The Morgan fingerprint density at radius 1 is 0.971 bits per heavy atom. The second-order valence-electron chi connectivity index (χ2n) is 8.34. The van der Waals surface area contributed by atoms with E-state index in [1.54, 1.807) is 37.6 Å². The number of rotatable bonds is 7. The zero-order valence-electron chi connectivity index (χ0n) is 19.9. The van der Waals surface area contributed by atoms with E-state index in [9.17, 15) is 4.79 Å². The molecule has 1 saturated carbocycles. The van der Waals surface area contributed by atoms with Crippen LogP contribution in [0.2, 0.25) is 0 Å². The Hall–Kier alpha value is -3.65. The Morgan fingerprint density at radius 3 is 2.49 bits per heavy atom. The molecule has 0 spiro atoms. The molecule has 0 atom stereocenters. The van der Waals surface area contributed by atoms with E-state index in [0.717, 1.165) is 23.6 Å². The lowest BCUT2D eigenvalue weighted by atomic mass is 9.96. The minimum absolute atomic E-state index is 0.342. The van der Waals surface area contributed by atoms with Crippen molar-refractivity contribution in [3.05, 3.63) is 65.7 Å². The number of fused-ring (bicyclic) bond motifs is 1. The number of nitrogens with zero attached hydrogens (tertiary/aromatic N) is 1. The third kappa shape index (κ3) is 6.08. The molecule has 0 amide bonds. The van der Waals surface area contributed by atoms with Gasteiger partial charge in [0.05, 0.1) is 26.0 Å². The molecule has 0 aliphatic heterocycles. The molecule has 0 unspecified atom stereocenters. The number of benzene rings is 3. The highest BCUT2D eigenvalue weighted by molar-refractivity contribution is 7.80. The Labute approximate surface area is 210 Å². The summed E-state index contributed by atoms with van der Waals surface area (Å²) in [5.74, 6) is 0.857. The van der Waals surface area contributed by atoms with Crippen LogP contribution in [0, 0.1) is 0 Å². The summed E-state index contributed by atoms with van der Waals surface area (Å²) in [6.45, 7) is 0.